The summed E-state index contributed by atoms with van der Waals surface area (Å²) in [6, 6.07) is 7.74. The molecule has 0 saturated heterocycles. The number of H-pyrrole nitrogens is 1. The van der Waals surface area contributed by atoms with Crippen LogP contribution in [-0.4, -0.2) is 31.5 Å². The van der Waals surface area contributed by atoms with E-state index in [0.29, 0.717) is 5.69 Å². The van der Waals surface area contributed by atoms with Crippen LogP contribution < -0.4 is 10.3 Å². The summed E-state index contributed by atoms with van der Waals surface area (Å²) < 4.78 is 29.4. The van der Waals surface area contributed by atoms with Crippen LogP contribution in [0.4, 0.5) is 0 Å². The van der Waals surface area contributed by atoms with Gasteiger partial charge in [0.25, 0.3) is 5.56 Å². The predicted molar refractivity (Wildman–Crippen MR) is 89.0 cm³/mol. The molecule has 0 aliphatic carbocycles. The first-order valence-corrected chi connectivity index (χ1v) is 8.37. The van der Waals surface area contributed by atoms with Crippen molar-refractivity contribution in [1.82, 2.24) is 10.2 Å². The first-order valence-electron chi connectivity index (χ1n) is 6.72. The molecule has 0 saturated carbocycles. The minimum atomic E-state index is -3.46. The van der Waals surface area contributed by atoms with Crippen molar-refractivity contribution in [3.05, 3.63) is 64.6 Å². The Morgan fingerprint density at radius 1 is 1.26 bits per heavy atom. The molecule has 0 fully saturated rings. The van der Waals surface area contributed by atoms with E-state index >= 15 is 0 Å². The Morgan fingerprint density at radius 2 is 2.04 bits per heavy atom. The second-order valence-corrected chi connectivity index (χ2v) is 6.66. The number of aromatic nitrogens is 2. The molecule has 0 amide bonds. The molecule has 0 spiro atoms. The topological polar surface area (TPSA) is 89.1 Å². The van der Waals surface area contributed by atoms with Crippen molar-refractivity contribution in [3.8, 4) is 5.75 Å². The summed E-state index contributed by atoms with van der Waals surface area (Å²) in [5.41, 5.74) is 1.04. The number of ether oxygens (including phenoxy) is 1. The first-order chi connectivity index (χ1) is 11.0. The first kappa shape index (κ1) is 16.7. The molecular formula is C16H16N2O4S. The molecule has 7 heteroatoms. The lowest BCUT2D eigenvalue weighted by Crippen LogP contribution is -2.06. The highest BCUT2D eigenvalue weighted by molar-refractivity contribution is 7.91. The maximum Gasteiger partial charge on any atom is 0.264 e. The summed E-state index contributed by atoms with van der Waals surface area (Å²) in [7, 11) is -2.05. The van der Waals surface area contributed by atoms with Gasteiger partial charge in [-0.25, -0.2) is 13.5 Å². The van der Waals surface area contributed by atoms with E-state index in [4.69, 9.17) is 4.74 Å². The lowest BCUT2D eigenvalue weighted by Gasteiger charge is -2.09. The Balaban J connectivity index is 2.33. The molecule has 0 bridgehead atoms. The quantitative estimate of drug-likeness (QED) is 0.816. The van der Waals surface area contributed by atoms with E-state index in [2.05, 4.69) is 16.8 Å². The second kappa shape index (κ2) is 7.06. The third-order valence-corrected chi connectivity index (χ3v) is 4.69. The SMILES string of the molecule is C=CCS(=O)(=O)c1ccc(C=Cc2ccc(=O)[nH]n2)cc1OC. The molecule has 0 unspecified atom stereocenters. The number of hydrogen-bond acceptors (Lipinski definition) is 5. The zero-order valence-electron chi connectivity index (χ0n) is 12.5. The minimum Gasteiger partial charge on any atom is -0.495 e. The number of methoxy groups -OCH3 is 1. The molecule has 23 heavy (non-hydrogen) atoms. The van der Waals surface area contributed by atoms with Gasteiger partial charge in [-0.2, -0.15) is 5.10 Å². The van der Waals surface area contributed by atoms with Crippen LogP contribution in [0, 0.1) is 0 Å². The molecule has 6 nitrogen and oxygen atoms in total. The fourth-order valence-corrected chi connectivity index (χ4v) is 3.13. The summed E-state index contributed by atoms with van der Waals surface area (Å²) in [5.74, 6) is 0.114. The lowest BCUT2D eigenvalue weighted by molar-refractivity contribution is 0.402. The van der Waals surface area contributed by atoms with Crippen LogP contribution in [0.15, 0.2) is 52.7 Å². The van der Waals surface area contributed by atoms with Gasteiger partial charge in [-0.1, -0.05) is 18.2 Å². The van der Waals surface area contributed by atoms with Gasteiger partial charge in [-0.15, -0.1) is 6.58 Å². The third-order valence-electron chi connectivity index (χ3n) is 3.01. The molecule has 2 aromatic rings. The van der Waals surface area contributed by atoms with Gasteiger partial charge in [0.05, 0.1) is 18.6 Å². The van der Waals surface area contributed by atoms with Crippen LogP contribution in [0.2, 0.25) is 0 Å². The number of nitrogens with one attached hydrogen (secondary N) is 1. The van der Waals surface area contributed by atoms with Crippen molar-refractivity contribution < 1.29 is 13.2 Å². The Kier molecular flexibility index (Phi) is 5.13. The van der Waals surface area contributed by atoms with Gasteiger partial charge in [-0.3, -0.25) is 4.79 Å². The molecule has 0 aliphatic rings. The van der Waals surface area contributed by atoms with E-state index in [9.17, 15) is 13.2 Å². The van der Waals surface area contributed by atoms with Gasteiger partial charge in [0, 0.05) is 6.07 Å². The number of aromatic amines is 1. The fourth-order valence-electron chi connectivity index (χ4n) is 1.92. The minimum absolute atomic E-state index is 0.124. The summed E-state index contributed by atoms with van der Waals surface area (Å²) in [6.07, 6.45) is 4.78. The van der Waals surface area contributed by atoms with Gasteiger partial charge in [0.1, 0.15) is 10.6 Å². The van der Waals surface area contributed by atoms with Crippen LogP contribution in [0.25, 0.3) is 12.2 Å². The number of sulfone groups is 1. The van der Waals surface area contributed by atoms with E-state index in [1.807, 2.05) is 0 Å². The second-order valence-electron chi connectivity index (χ2n) is 4.66. The van der Waals surface area contributed by atoms with Crippen molar-refractivity contribution in [2.24, 2.45) is 0 Å². The molecule has 0 radical (unpaired) electrons. The van der Waals surface area contributed by atoms with Crippen LogP contribution in [0.5, 0.6) is 5.75 Å². The van der Waals surface area contributed by atoms with Crippen LogP contribution in [0.1, 0.15) is 11.3 Å². The van der Waals surface area contributed by atoms with Gasteiger partial charge in [0.2, 0.25) is 0 Å². The maximum absolute atomic E-state index is 12.1. The molecule has 1 aromatic heterocycles. The highest BCUT2D eigenvalue weighted by Crippen LogP contribution is 2.26. The summed E-state index contributed by atoms with van der Waals surface area (Å²) in [6.45, 7) is 3.45. The molecular weight excluding hydrogens is 316 g/mol. The smallest absolute Gasteiger partial charge is 0.264 e. The molecule has 1 heterocycles. The molecule has 1 aromatic carbocycles. The van der Waals surface area contributed by atoms with E-state index in [0.717, 1.165) is 5.56 Å². The van der Waals surface area contributed by atoms with Crippen LogP contribution >= 0.6 is 0 Å². The number of hydrogen-bond donors (Lipinski definition) is 1. The van der Waals surface area contributed by atoms with E-state index < -0.39 is 9.84 Å². The van der Waals surface area contributed by atoms with Gasteiger partial charge < -0.3 is 4.74 Å². The number of nitrogens with zero attached hydrogens (tertiary/aromatic N) is 1. The van der Waals surface area contributed by atoms with Crippen molar-refractivity contribution >= 4 is 22.0 Å². The Labute approximate surface area is 134 Å². The Morgan fingerprint density at radius 3 is 2.65 bits per heavy atom. The Bertz CT molecular complexity index is 878. The zero-order chi connectivity index (χ0) is 16.9. The van der Waals surface area contributed by atoms with Crippen LogP contribution in [0.3, 0.4) is 0 Å². The van der Waals surface area contributed by atoms with Crippen molar-refractivity contribution in [2.45, 2.75) is 4.90 Å². The average Bonchev–Trinajstić information content (AvgIpc) is 2.54. The molecule has 2 rings (SSSR count). The van der Waals surface area contributed by atoms with E-state index in [1.165, 1.54) is 25.3 Å². The standard InChI is InChI=1S/C16H16N2O4S/c1-3-10-23(20,21)15-8-5-12(11-14(15)22-2)4-6-13-7-9-16(19)18-17-13/h3-9,11H,1,10H2,2H3,(H,18,19). The molecule has 0 aliphatic heterocycles. The normalized spacial score (nSPS) is 11.5. The Hall–Kier alpha value is -2.67. The zero-order valence-corrected chi connectivity index (χ0v) is 13.3. The number of benzene rings is 1. The van der Waals surface area contributed by atoms with E-state index in [-0.39, 0.29) is 22.0 Å². The van der Waals surface area contributed by atoms with E-state index in [1.54, 1.807) is 30.4 Å². The molecule has 120 valence electrons. The van der Waals surface area contributed by atoms with Crippen molar-refractivity contribution in [1.29, 1.82) is 0 Å². The van der Waals surface area contributed by atoms with Gasteiger partial charge >= 0.3 is 0 Å². The highest BCUT2D eigenvalue weighted by Gasteiger charge is 2.18. The van der Waals surface area contributed by atoms with Gasteiger partial charge in [0.15, 0.2) is 9.84 Å². The largest absolute Gasteiger partial charge is 0.495 e. The molecule has 1 N–H and O–H groups in total. The maximum atomic E-state index is 12.1. The highest BCUT2D eigenvalue weighted by atomic mass is 32.2. The monoisotopic (exact) mass is 332 g/mol. The third kappa shape index (κ3) is 4.17. The lowest BCUT2D eigenvalue weighted by atomic mass is 10.2. The van der Waals surface area contributed by atoms with Crippen molar-refractivity contribution in [2.75, 3.05) is 12.9 Å². The van der Waals surface area contributed by atoms with Crippen LogP contribution in [-0.2, 0) is 9.84 Å². The fraction of sp³-hybridized carbons (Fsp3) is 0.125. The van der Waals surface area contributed by atoms with Crippen molar-refractivity contribution in [3.63, 3.8) is 0 Å². The summed E-state index contributed by atoms with van der Waals surface area (Å²) in [5, 5.41) is 6.19. The molecule has 0 atom stereocenters. The average molecular weight is 332 g/mol. The number of rotatable bonds is 6. The predicted octanol–water partition coefficient (Wildman–Crippen LogP) is 1.91. The van der Waals surface area contributed by atoms with Gasteiger partial charge in [-0.05, 0) is 29.8 Å². The summed E-state index contributed by atoms with van der Waals surface area (Å²) in [4.78, 5) is 11.1. The summed E-state index contributed by atoms with van der Waals surface area (Å²) >= 11 is 0.